The van der Waals surface area contributed by atoms with Crippen molar-refractivity contribution in [3.8, 4) is 17.2 Å². The smallest absolute Gasteiger partial charge is 0.251 e. The molecule has 0 unspecified atom stereocenters. The quantitative estimate of drug-likeness (QED) is 0.561. The average Bonchev–Trinajstić information content (AvgIpc) is 3.06. The molecule has 4 nitrogen and oxygen atoms in total. The van der Waals surface area contributed by atoms with Gasteiger partial charge in [-0.3, -0.25) is 0 Å². The molecule has 0 bridgehead atoms. The Morgan fingerprint density at radius 1 is 1.09 bits per heavy atom. The number of hydrogen-bond acceptors (Lipinski definition) is 4. The highest BCUT2D eigenvalue weighted by Gasteiger charge is 2.14. The number of benzene rings is 2. The summed E-state index contributed by atoms with van der Waals surface area (Å²) in [4.78, 5) is 0. The lowest BCUT2D eigenvalue weighted by Crippen LogP contribution is -2.02. The lowest BCUT2D eigenvalue weighted by Gasteiger charge is -2.10. The van der Waals surface area contributed by atoms with Gasteiger partial charge in [-0.05, 0) is 23.8 Å². The number of nitrogens with zero attached hydrogens (tertiary/aromatic N) is 2. The van der Waals surface area contributed by atoms with Crippen molar-refractivity contribution in [1.29, 1.82) is 0 Å². The molecule has 3 aromatic rings. The number of ether oxygens (including phenoxy) is 1. The largest absolute Gasteiger partial charge is 0.492 e. The van der Waals surface area contributed by atoms with E-state index < -0.39 is 0 Å². The van der Waals surface area contributed by atoms with Crippen LogP contribution in [0.3, 0.4) is 0 Å². The minimum absolute atomic E-state index is 0.186. The van der Waals surface area contributed by atoms with E-state index in [4.69, 9.17) is 20.8 Å². The van der Waals surface area contributed by atoms with Gasteiger partial charge in [0.05, 0.1) is 12.2 Å². The average molecular weight is 394 g/mol. The first-order valence-electron chi connectivity index (χ1n) is 7.11. The first kappa shape index (κ1) is 16.0. The summed E-state index contributed by atoms with van der Waals surface area (Å²) in [6, 6.07) is 15.9. The Labute approximate surface area is 147 Å². The van der Waals surface area contributed by atoms with Crippen molar-refractivity contribution in [2.24, 2.45) is 0 Å². The maximum absolute atomic E-state index is 5.91. The molecule has 1 aromatic heterocycles. The van der Waals surface area contributed by atoms with E-state index in [9.17, 15) is 0 Å². The van der Waals surface area contributed by atoms with E-state index in [2.05, 4.69) is 38.3 Å². The molecule has 23 heavy (non-hydrogen) atoms. The van der Waals surface area contributed by atoms with Crippen LogP contribution < -0.4 is 4.74 Å². The lowest BCUT2D eigenvalue weighted by atomic mass is 10.1. The predicted octanol–water partition coefficient (Wildman–Crippen LogP) is 4.86. The van der Waals surface area contributed by atoms with Gasteiger partial charge in [0.15, 0.2) is 0 Å². The zero-order valence-corrected chi connectivity index (χ0v) is 14.5. The standard InChI is InChI=1S/C17H14BrClN2O2/c18-13-6-7-15(22-9-8-12-4-2-1-3-5-12)14(10-13)17-21-20-16(11-19)23-17/h1-7,10H,8-9,11H2. The van der Waals surface area contributed by atoms with Crippen molar-refractivity contribution in [3.63, 3.8) is 0 Å². The van der Waals surface area contributed by atoms with E-state index in [1.165, 1.54) is 5.56 Å². The molecule has 0 aliphatic heterocycles. The van der Waals surface area contributed by atoms with Crippen LogP contribution >= 0.6 is 27.5 Å². The van der Waals surface area contributed by atoms with Gasteiger partial charge < -0.3 is 9.15 Å². The van der Waals surface area contributed by atoms with E-state index >= 15 is 0 Å². The second kappa shape index (κ2) is 7.62. The van der Waals surface area contributed by atoms with E-state index in [-0.39, 0.29) is 5.88 Å². The van der Waals surface area contributed by atoms with Crippen LogP contribution in [0.25, 0.3) is 11.5 Å². The molecule has 0 atom stereocenters. The minimum atomic E-state index is 0.186. The van der Waals surface area contributed by atoms with E-state index in [1.807, 2.05) is 36.4 Å². The van der Waals surface area contributed by atoms with E-state index in [0.717, 1.165) is 16.5 Å². The number of alkyl halides is 1. The van der Waals surface area contributed by atoms with Crippen molar-refractivity contribution >= 4 is 27.5 Å². The van der Waals surface area contributed by atoms with Gasteiger partial charge >= 0.3 is 0 Å². The summed E-state index contributed by atoms with van der Waals surface area (Å²) < 4.78 is 12.3. The van der Waals surface area contributed by atoms with Gasteiger partial charge in [0.2, 0.25) is 5.89 Å². The fourth-order valence-corrected chi connectivity index (χ4v) is 2.60. The SMILES string of the molecule is ClCc1nnc(-c2cc(Br)ccc2OCCc2ccccc2)o1. The van der Waals surface area contributed by atoms with Crippen LogP contribution in [0.2, 0.25) is 0 Å². The normalized spacial score (nSPS) is 10.7. The Morgan fingerprint density at radius 3 is 2.65 bits per heavy atom. The summed E-state index contributed by atoms with van der Waals surface area (Å²) >= 11 is 9.16. The summed E-state index contributed by atoms with van der Waals surface area (Å²) in [7, 11) is 0. The van der Waals surface area contributed by atoms with Crippen LogP contribution in [0.1, 0.15) is 11.5 Å². The third kappa shape index (κ3) is 4.12. The Kier molecular flexibility index (Phi) is 5.31. The van der Waals surface area contributed by atoms with E-state index in [1.54, 1.807) is 0 Å². The third-order valence-corrected chi connectivity index (χ3v) is 3.97. The molecular weight excluding hydrogens is 380 g/mol. The molecule has 6 heteroatoms. The Bertz CT molecular complexity index is 777. The molecule has 3 rings (SSSR count). The molecule has 0 N–H and O–H groups in total. The summed E-state index contributed by atoms with van der Waals surface area (Å²) in [5.74, 6) is 1.67. The second-order valence-electron chi connectivity index (χ2n) is 4.86. The van der Waals surface area contributed by atoms with E-state index in [0.29, 0.717) is 24.1 Å². The summed E-state index contributed by atoms with van der Waals surface area (Å²) in [5, 5.41) is 7.91. The molecule has 0 aliphatic rings. The molecule has 2 aromatic carbocycles. The molecule has 0 amide bonds. The number of halogens is 2. The van der Waals surface area contributed by atoms with Crippen molar-refractivity contribution in [3.05, 3.63) is 64.5 Å². The summed E-state index contributed by atoms with van der Waals surface area (Å²) in [6.07, 6.45) is 0.826. The summed E-state index contributed by atoms with van der Waals surface area (Å²) in [6.45, 7) is 0.565. The molecular formula is C17H14BrClN2O2. The van der Waals surface area contributed by atoms with Gasteiger partial charge in [-0.1, -0.05) is 46.3 Å². The Balaban J connectivity index is 1.76. The van der Waals surface area contributed by atoms with Crippen molar-refractivity contribution in [2.75, 3.05) is 6.61 Å². The monoisotopic (exact) mass is 392 g/mol. The van der Waals surface area contributed by atoms with Gasteiger partial charge in [0.1, 0.15) is 11.6 Å². The first-order chi connectivity index (χ1) is 11.3. The fraction of sp³-hybridized carbons (Fsp3) is 0.176. The van der Waals surface area contributed by atoms with Gasteiger partial charge in [-0.2, -0.15) is 0 Å². The number of rotatable bonds is 6. The predicted molar refractivity (Wildman–Crippen MR) is 92.6 cm³/mol. The molecule has 0 aliphatic carbocycles. The van der Waals surface area contributed by atoms with Crippen LogP contribution in [0.15, 0.2) is 57.4 Å². The number of hydrogen-bond donors (Lipinski definition) is 0. The van der Waals surface area contributed by atoms with Gasteiger partial charge in [-0.25, -0.2) is 0 Å². The summed E-state index contributed by atoms with van der Waals surface area (Å²) in [5.41, 5.74) is 1.98. The maximum Gasteiger partial charge on any atom is 0.251 e. The zero-order valence-electron chi connectivity index (χ0n) is 12.2. The Morgan fingerprint density at radius 2 is 1.91 bits per heavy atom. The maximum atomic E-state index is 5.91. The van der Waals surface area contributed by atoms with Gasteiger partial charge in [0, 0.05) is 10.9 Å². The first-order valence-corrected chi connectivity index (χ1v) is 8.44. The molecule has 0 saturated carbocycles. The molecule has 0 fully saturated rings. The Hall–Kier alpha value is -1.85. The highest BCUT2D eigenvalue weighted by molar-refractivity contribution is 9.10. The minimum Gasteiger partial charge on any atom is -0.492 e. The van der Waals surface area contributed by atoms with Gasteiger partial charge in [-0.15, -0.1) is 21.8 Å². The van der Waals surface area contributed by atoms with Crippen molar-refractivity contribution in [2.45, 2.75) is 12.3 Å². The van der Waals surface area contributed by atoms with Crippen LogP contribution in [-0.4, -0.2) is 16.8 Å². The fourth-order valence-electron chi connectivity index (χ4n) is 2.14. The molecule has 0 spiro atoms. The molecule has 1 heterocycles. The molecule has 0 saturated heterocycles. The third-order valence-electron chi connectivity index (χ3n) is 3.24. The zero-order chi connectivity index (χ0) is 16.1. The second-order valence-corrected chi connectivity index (χ2v) is 6.04. The molecule has 0 radical (unpaired) electrons. The van der Waals surface area contributed by atoms with Gasteiger partial charge in [0.25, 0.3) is 5.89 Å². The van der Waals surface area contributed by atoms with Crippen molar-refractivity contribution < 1.29 is 9.15 Å². The lowest BCUT2D eigenvalue weighted by molar-refractivity contribution is 0.322. The van der Waals surface area contributed by atoms with Crippen LogP contribution in [0.4, 0.5) is 0 Å². The number of aromatic nitrogens is 2. The van der Waals surface area contributed by atoms with Crippen molar-refractivity contribution in [1.82, 2.24) is 10.2 Å². The molecule has 118 valence electrons. The van der Waals surface area contributed by atoms with Crippen LogP contribution in [-0.2, 0) is 12.3 Å². The topological polar surface area (TPSA) is 48.2 Å². The van der Waals surface area contributed by atoms with Crippen LogP contribution in [0, 0.1) is 0 Å². The van der Waals surface area contributed by atoms with Crippen LogP contribution in [0.5, 0.6) is 5.75 Å². The highest BCUT2D eigenvalue weighted by Crippen LogP contribution is 2.32. The highest BCUT2D eigenvalue weighted by atomic mass is 79.9.